The predicted molar refractivity (Wildman–Crippen MR) is 285 cm³/mol. The molecule has 3 aromatic heterocycles. The summed E-state index contributed by atoms with van der Waals surface area (Å²) in [5.41, 5.74) is 15.4. The van der Waals surface area contributed by atoms with Gasteiger partial charge < -0.3 is 9.13 Å². The zero-order valence-electron chi connectivity index (χ0n) is 36.9. The average molecular weight is 865 g/mol. The van der Waals surface area contributed by atoms with Crippen molar-refractivity contribution in [2.45, 2.75) is 0 Å². The first-order chi connectivity index (χ1) is 33.7. The fourth-order valence-electron chi connectivity index (χ4n) is 10.8. The molecule has 0 aliphatic rings. The molecule has 0 unspecified atom stereocenters. The van der Waals surface area contributed by atoms with Crippen LogP contribution < -0.4 is 0 Å². The molecule has 0 aliphatic carbocycles. The molecule has 68 heavy (non-hydrogen) atoms. The fraction of sp³-hybridized carbons (Fsp3) is 0. The van der Waals surface area contributed by atoms with Gasteiger partial charge in [-0.25, -0.2) is 9.97 Å². The molecule has 0 saturated heterocycles. The molecular weight excluding hydrogens is 825 g/mol. The summed E-state index contributed by atoms with van der Waals surface area (Å²) in [7, 11) is 0. The minimum atomic E-state index is 0.690. The Morgan fingerprint density at radius 3 is 1.51 bits per heavy atom. The van der Waals surface area contributed by atoms with Gasteiger partial charge in [0.15, 0.2) is 5.82 Å². The summed E-state index contributed by atoms with van der Waals surface area (Å²) < 4.78 is 4.94. The average Bonchev–Trinajstić information content (AvgIpc) is 3.92. The van der Waals surface area contributed by atoms with Crippen LogP contribution in [0.25, 0.3) is 132 Å². The molecule has 0 atom stereocenters. The number of para-hydroxylation sites is 3. The predicted octanol–water partition coefficient (Wildman–Crippen LogP) is 16.8. The van der Waals surface area contributed by atoms with Crippen LogP contribution in [0.15, 0.2) is 243 Å². The van der Waals surface area contributed by atoms with E-state index in [0.717, 1.165) is 83.2 Å². The van der Waals surface area contributed by atoms with E-state index >= 15 is 0 Å². The molecule has 14 aromatic rings. The van der Waals surface area contributed by atoms with Crippen molar-refractivity contribution in [3.05, 3.63) is 243 Å². The number of nitrogens with zero attached hydrogens (tertiary/aromatic N) is 4. The van der Waals surface area contributed by atoms with E-state index in [-0.39, 0.29) is 0 Å². The molecule has 0 saturated carbocycles. The van der Waals surface area contributed by atoms with Crippen molar-refractivity contribution in [3.63, 3.8) is 0 Å². The summed E-state index contributed by atoms with van der Waals surface area (Å²) >= 11 is 0. The molecule has 0 bridgehead atoms. The highest BCUT2D eigenvalue weighted by molar-refractivity contribution is 6.19. The molecule has 0 amide bonds. The van der Waals surface area contributed by atoms with E-state index in [4.69, 9.17) is 9.97 Å². The van der Waals surface area contributed by atoms with Crippen LogP contribution in [0, 0.1) is 0 Å². The monoisotopic (exact) mass is 864 g/mol. The van der Waals surface area contributed by atoms with Crippen molar-refractivity contribution in [2.75, 3.05) is 0 Å². The number of hydrogen-bond acceptors (Lipinski definition) is 2. The Labute approximate surface area is 392 Å². The van der Waals surface area contributed by atoms with E-state index in [0.29, 0.717) is 5.82 Å². The zero-order valence-corrected chi connectivity index (χ0v) is 36.9. The van der Waals surface area contributed by atoms with Gasteiger partial charge in [0, 0.05) is 43.4 Å². The molecular formula is C64H40N4. The van der Waals surface area contributed by atoms with Crippen molar-refractivity contribution in [2.24, 2.45) is 0 Å². The summed E-state index contributed by atoms with van der Waals surface area (Å²) in [5, 5.41) is 10.5. The molecule has 11 aromatic carbocycles. The summed E-state index contributed by atoms with van der Waals surface area (Å²) in [6, 6.07) is 87.6. The van der Waals surface area contributed by atoms with E-state index in [1.54, 1.807) is 0 Å². The van der Waals surface area contributed by atoms with Gasteiger partial charge in [0.25, 0.3) is 0 Å². The number of benzene rings is 11. The lowest BCUT2D eigenvalue weighted by atomic mass is 9.94. The third-order valence-electron chi connectivity index (χ3n) is 13.9. The van der Waals surface area contributed by atoms with Gasteiger partial charge in [-0.1, -0.05) is 176 Å². The van der Waals surface area contributed by atoms with Crippen LogP contribution in [0.2, 0.25) is 0 Å². The fourth-order valence-corrected chi connectivity index (χ4v) is 10.8. The van der Waals surface area contributed by atoms with Crippen molar-refractivity contribution >= 4 is 76.1 Å². The molecule has 3 heterocycles. The van der Waals surface area contributed by atoms with Gasteiger partial charge in [0.1, 0.15) is 0 Å². The molecule has 4 nitrogen and oxygen atoms in total. The molecule has 0 fully saturated rings. The molecule has 316 valence electrons. The van der Waals surface area contributed by atoms with E-state index in [1.807, 2.05) is 0 Å². The minimum Gasteiger partial charge on any atom is -0.309 e. The number of aromatic nitrogens is 4. The van der Waals surface area contributed by atoms with Crippen molar-refractivity contribution in [3.8, 4) is 56.3 Å². The lowest BCUT2D eigenvalue weighted by Gasteiger charge is -2.16. The zero-order chi connectivity index (χ0) is 44.7. The van der Waals surface area contributed by atoms with Crippen molar-refractivity contribution in [1.82, 2.24) is 19.1 Å². The van der Waals surface area contributed by atoms with Crippen LogP contribution in [0.4, 0.5) is 0 Å². The molecule has 4 heteroatoms. The van der Waals surface area contributed by atoms with Crippen molar-refractivity contribution < 1.29 is 0 Å². The van der Waals surface area contributed by atoms with Crippen LogP contribution in [-0.2, 0) is 0 Å². The first-order valence-corrected chi connectivity index (χ1v) is 23.2. The van der Waals surface area contributed by atoms with Gasteiger partial charge in [0.2, 0.25) is 0 Å². The highest BCUT2D eigenvalue weighted by Crippen LogP contribution is 2.43. The maximum absolute atomic E-state index is 5.56. The van der Waals surface area contributed by atoms with Crippen LogP contribution in [-0.4, -0.2) is 19.1 Å². The molecule has 0 spiro atoms. The van der Waals surface area contributed by atoms with Crippen LogP contribution in [0.3, 0.4) is 0 Å². The third kappa shape index (κ3) is 5.94. The normalized spacial score (nSPS) is 11.8. The van der Waals surface area contributed by atoms with E-state index in [9.17, 15) is 0 Å². The summed E-state index contributed by atoms with van der Waals surface area (Å²) in [5.74, 6) is 0.690. The van der Waals surface area contributed by atoms with Crippen LogP contribution >= 0.6 is 0 Å². The molecule has 14 rings (SSSR count). The minimum absolute atomic E-state index is 0.690. The quantitative estimate of drug-likeness (QED) is 0.167. The topological polar surface area (TPSA) is 35.6 Å². The van der Waals surface area contributed by atoms with E-state index in [2.05, 4.69) is 252 Å². The Hall–Kier alpha value is -9.12. The van der Waals surface area contributed by atoms with Gasteiger partial charge in [-0.05, 0) is 105 Å². The maximum atomic E-state index is 5.56. The van der Waals surface area contributed by atoms with Gasteiger partial charge in [-0.15, -0.1) is 0 Å². The lowest BCUT2D eigenvalue weighted by molar-refractivity contribution is 1.18. The number of hydrogen-bond donors (Lipinski definition) is 0. The second kappa shape index (κ2) is 15.2. The van der Waals surface area contributed by atoms with Crippen LogP contribution in [0.5, 0.6) is 0 Å². The standard InChI is InChI=1S/C64H40N4/c1-3-18-41(19-4-1)45-36-46(42-20-5-2-6-21-42)38-47(37-45)63-53-26-9-12-30-55(53)65-64(66-63)52-29-15-28-49-48(52)27-16-33-58(49)68-60-35-17-34-59(62(60)54-39-43-22-7-8-23-44(43)40-61(54)68)67-56-31-13-10-24-50(56)51-25-11-14-32-57(51)67/h1-40H. The number of rotatable bonds is 6. The Bertz CT molecular complexity index is 4200. The Morgan fingerprint density at radius 2 is 0.794 bits per heavy atom. The Balaban J connectivity index is 1.01. The van der Waals surface area contributed by atoms with Gasteiger partial charge in [0.05, 0.1) is 44.7 Å². The van der Waals surface area contributed by atoms with Gasteiger partial charge in [-0.2, -0.15) is 0 Å². The van der Waals surface area contributed by atoms with E-state index < -0.39 is 0 Å². The SMILES string of the molecule is c1ccc(-c2cc(-c3ccccc3)cc(-c3nc(-c4cccc5c(-n6c7cc8ccccc8cc7c7c(-n8c9ccccc9c9ccccc98)cccc76)cccc45)nc4ccccc34)c2)cc1. The molecule has 0 N–H and O–H groups in total. The smallest absolute Gasteiger partial charge is 0.161 e. The van der Waals surface area contributed by atoms with Crippen molar-refractivity contribution in [1.29, 1.82) is 0 Å². The highest BCUT2D eigenvalue weighted by Gasteiger charge is 2.22. The lowest BCUT2D eigenvalue weighted by Crippen LogP contribution is -1.99. The third-order valence-corrected chi connectivity index (χ3v) is 13.9. The van der Waals surface area contributed by atoms with Crippen LogP contribution in [0.1, 0.15) is 0 Å². The van der Waals surface area contributed by atoms with Gasteiger partial charge in [-0.3, -0.25) is 0 Å². The number of fused-ring (bicyclic) bond motifs is 9. The molecule has 0 radical (unpaired) electrons. The largest absolute Gasteiger partial charge is 0.309 e. The Kier molecular flexibility index (Phi) is 8.55. The second-order valence-corrected chi connectivity index (χ2v) is 17.7. The summed E-state index contributed by atoms with van der Waals surface area (Å²) in [6.07, 6.45) is 0. The van der Waals surface area contributed by atoms with E-state index in [1.165, 1.54) is 43.4 Å². The second-order valence-electron chi connectivity index (χ2n) is 17.7. The Morgan fingerprint density at radius 1 is 0.279 bits per heavy atom. The first-order valence-electron chi connectivity index (χ1n) is 23.2. The highest BCUT2D eigenvalue weighted by atomic mass is 15.0. The maximum Gasteiger partial charge on any atom is 0.161 e. The first kappa shape index (κ1) is 38.2. The molecule has 0 aliphatic heterocycles. The summed E-state index contributed by atoms with van der Waals surface area (Å²) in [6.45, 7) is 0. The van der Waals surface area contributed by atoms with Gasteiger partial charge >= 0.3 is 0 Å². The summed E-state index contributed by atoms with van der Waals surface area (Å²) in [4.78, 5) is 10.9.